The number of piperidine rings is 1. The van der Waals surface area contributed by atoms with E-state index in [2.05, 4.69) is 5.32 Å². The van der Waals surface area contributed by atoms with Crippen molar-refractivity contribution >= 4 is 35.8 Å². The number of hydrogen-bond acceptors (Lipinski definition) is 3. The van der Waals surface area contributed by atoms with Crippen LogP contribution in [0.2, 0.25) is 5.02 Å². The molecule has 132 valence electrons. The van der Waals surface area contributed by atoms with Crippen molar-refractivity contribution in [2.45, 2.75) is 18.9 Å². The summed E-state index contributed by atoms with van der Waals surface area (Å²) in [4.78, 5) is 28.5. The van der Waals surface area contributed by atoms with Gasteiger partial charge in [0.1, 0.15) is 0 Å². The second-order valence-electron chi connectivity index (χ2n) is 6.28. The first-order valence-electron chi connectivity index (χ1n) is 8.07. The van der Waals surface area contributed by atoms with E-state index in [0.717, 1.165) is 18.5 Å². The number of nitrogens with one attached hydrogen (secondary N) is 1. The second kappa shape index (κ2) is 8.19. The van der Waals surface area contributed by atoms with Gasteiger partial charge in [-0.2, -0.15) is 0 Å². The molecular weight excluding hydrogens is 349 g/mol. The molecule has 2 heterocycles. The van der Waals surface area contributed by atoms with E-state index in [9.17, 15) is 9.59 Å². The summed E-state index contributed by atoms with van der Waals surface area (Å²) >= 11 is 6.33. The fraction of sp³-hybridized carbons (Fsp3) is 0.529. The van der Waals surface area contributed by atoms with E-state index >= 15 is 0 Å². The van der Waals surface area contributed by atoms with Gasteiger partial charge >= 0.3 is 0 Å². The lowest BCUT2D eigenvalue weighted by atomic mass is 9.93. The van der Waals surface area contributed by atoms with Crippen molar-refractivity contribution in [3.63, 3.8) is 0 Å². The van der Waals surface area contributed by atoms with Crippen LogP contribution in [0.4, 0.5) is 0 Å². The summed E-state index contributed by atoms with van der Waals surface area (Å²) in [5, 5.41) is 4.02. The Morgan fingerprint density at radius 3 is 2.75 bits per heavy atom. The SMILES string of the molecule is CN1CCC(C(=O)N2CCNCC2c2ccccc2Cl)CC1=O.Cl. The Balaban J connectivity index is 0.00000208. The van der Waals surface area contributed by atoms with E-state index in [1.807, 2.05) is 29.2 Å². The minimum Gasteiger partial charge on any atom is -0.346 e. The molecule has 2 saturated heterocycles. The van der Waals surface area contributed by atoms with Gasteiger partial charge in [-0.1, -0.05) is 29.8 Å². The maximum atomic E-state index is 13.0. The summed E-state index contributed by atoms with van der Waals surface area (Å²) in [7, 11) is 1.79. The molecule has 0 aromatic heterocycles. The Labute approximate surface area is 153 Å². The zero-order valence-corrected chi connectivity index (χ0v) is 15.3. The van der Waals surface area contributed by atoms with E-state index in [1.54, 1.807) is 11.9 Å². The topological polar surface area (TPSA) is 52.7 Å². The summed E-state index contributed by atoms with van der Waals surface area (Å²) in [5.41, 5.74) is 0.967. The maximum absolute atomic E-state index is 13.0. The average Bonchev–Trinajstić information content (AvgIpc) is 2.57. The summed E-state index contributed by atoms with van der Waals surface area (Å²) < 4.78 is 0. The van der Waals surface area contributed by atoms with Crippen LogP contribution in [0, 0.1) is 5.92 Å². The molecule has 0 aliphatic carbocycles. The number of piperazine rings is 1. The molecule has 0 bridgehead atoms. The first-order chi connectivity index (χ1) is 11.1. The third-order valence-electron chi connectivity index (χ3n) is 4.80. The number of amides is 2. The maximum Gasteiger partial charge on any atom is 0.226 e. The van der Waals surface area contributed by atoms with Crippen molar-refractivity contribution < 1.29 is 9.59 Å². The van der Waals surface area contributed by atoms with Gasteiger partial charge in [-0.15, -0.1) is 12.4 Å². The number of rotatable bonds is 2. The lowest BCUT2D eigenvalue weighted by Gasteiger charge is -2.40. The van der Waals surface area contributed by atoms with Crippen LogP contribution in [0.15, 0.2) is 24.3 Å². The predicted molar refractivity (Wildman–Crippen MR) is 96.4 cm³/mol. The molecule has 1 aromatic rings. The lowest BCUT2D eigenvalue weighted by molar-refractivity contribution is -0.146. The first kappa shape index (κ1) is 19.0. The Bertz CT molecular complexity index is 611. The molecule has 24 heavy (non-hydrogen) atoms. The average molecular weight is 372 g/mol. The molecule has 0 saturated carbocycles. The molecule has 2 aliphatic rings. The van der Waals surface area contributed by atoms with Crippen molar-refractivity contribution in [3.05, 3.63) is 34.9 Å². The normalized spacial score (nSPS) is 24.5. The highest BCUT2D eigenvalue weighted by Gasteiger charge is 2.36. The van der Waals surface area contributed by atoms with Crippen molar-refractivity contribution in [1.82, 2.24) is 15.1 Å². The van der Waals surface area contributed by atoms with Gasteiger partial charge in [0.15, 0.2) is 0 Å². The summed E-state index contributed by atoms with van der Waals surface area (Å²) in [6.45, 7) is 2.76. The molecule has 3 rings (SSSR count). The second-order valence-corrected chi connectivity index (χ2v) is 6.69. The van der Waals surface area contributed by atoms with Crippen LogP contribution in [0.25, 0.3) is 0 Å². The highest BCUT2D eigenvalue weighted by Crippen LogP contribution is 2.31. The van der Waals surface area contributed by atoms with E-state index in [1.165, 1.54) is 0 Å². The number of carbonyl (C=O) groups is 2. The van der Waals surface area contributed by atoms with E-state index in [-0.39, 0.29) is 36.2 Å². The van der Waals surface area contributed by atoms with Crippen LogP contribution in [0.5, 0.6) is 0 Å². The van der Waals surface area contributed by atoms with Crippen LogP contribution in [-0.4, -0.2) is 54.8 Å². The van der Waals surface area contributed by atoms with Crippen molar-refractivity contribution in [2.75, 3.05) is 33.2 Å². The predicted octanol–water partition coefficient (Wildman–Crippen LogP) is 2.10. The molecule has 0 spiro atoms. The number of hydrogen-bond donors (Lipinski definition) is 1. The first-order valence-corrected chi connectivity index (χ1v) is 8.45. The smallest absolute Gasteiger partial charge is 0.226 e. The molecule has 2 aliphatic heterocycles. The van der Waals surface area contributed by atoms with Crippen LogP contribution >= 0.6 is 24.0 Å². The zero-order valence-electron chi connectivity index (χ0n) is 13.7. The Hall–Kier alpha value is -1.30. The van der Waals surface area contributed by atoms with Gasteiger partial charge in [0, 0.05) is 50.6 Å². The molecule has 2 atom stereocenters. The standard InChI is InChI=1S/C17H22ClN3O2.ClH/c1-20-8-6-12(10-16(20)22)17(23)21-9-7-19-11-15(21)13-4-2-3-5-14(13)18;/h2-5,12,15,19H,6-11H2,1H3;1H. The summed E-state index contributed by atoms with van der Waals surface area (Å²) in [6.07, 6.45) is 1.05. The fourth-order valence-electron chi connectivity index (χ4n) is 3.38. The van der Waals surface area contributed by atoms with Gasteiger partial charge in [0.2, 0.25) is 11.8 Å². The minimum atomic E-state index is -0.207. The third kappa shape index (κ3) is 3.85. The Morgan fingerprint density at radius 1 is 1.29 bits per heavy atom. The molecule has 2 unspecified atom stereocenters. The number of benzene rings is 1. The summed E-state index contributed by atoms with van der Waals surface area (Å²) in [6, 6.07) is 7.59. The fourth-order valence-corrected chi connectivity index (χ4v) is 3.64. The lowest BCUT2D eigenvalue weighted by Crippen LogP contribution is -2.52. The number of carbonyl (C=O) groups excluding carboxylic acids is 2. The zero-order chi connectivity index (χ0) is 16.4. The van der Waals surface area contributed by atoms with Crippen LogP contribution in [-0.2, 0) is 9.59 Å². The highest BCUT2D eigenvalue weighted by molar-refractivity contribution is 6.31. The molecule has 7 heteroatoms. The van der Waals surface area contributed by atoms with Crippen molar-refractivity contribution in [3.8, 4) is 0 Å². The van der Waals surface area contributed by atoms with E-state index < -0.39 is 0 Å². The minimum absolute atomic E-state index is 0. The van der Waals surface area contributed by atoms with E-state index in [0.29, 0.717) is 31.1 Å². The van der Waals surface area contributed by atoms with Gasteiger partial charge in [-0.05, 0) is 18.1 Å². The van der Waals surface area contributed by atoms with Gasteiger partial charge in [0.05, 0.1) is 6.04 Å². The molecule has 1 aromatic carbocycles. The van der Waals surface area contributed by atoms with Crippen LogP contribution < -0.4 is 5.32 Å². The van der Waals surface area contributed by atoms with E-state index in [4.69, 9.17) is 11.6 Å². The third-order valence-corrected chi connectivity index (χ3v) is 5.14. The molecule has 2 amide bonds. The van der Waals surface area contributed by atoms with Crippen molar-refractivity contribution in [1.29, 1.82) is 0 Å². The monoisotopic (exact) mass is 371 g/mol. The number of nitrogens with zero attached hydrogens (tertiary/aromatic N) is 2. The van der Waals surface area contributed by atoms with Gasteiger partial charge < -0.3 is 15.1 Å². The Morgan fingerprint density at radius 2 is 2.04 bits per heavy atom. The molecule has 5 nitrogen and oxygen atoms in total. The number of halogens is 2. The Kier molecular flexibility index (Phi) is 6.49. The van der Waals surface area contributed by atoms with Crippen molar-refractivity contribution in [2.24, 2.45) is 5.92 Å². The molecule has 0 radical (unpaired) electrons. The van der Waals surface area contributed by atoms with Gasteiger partial charge in [-0.3, -0.25) is 9.59 Å². The molecular formula is C17H23Cl2N3O2. The van der Waals surface area contributed by atoms with Crippen LogP contribution in [0.1, 0.15) is 24.4 Å². The molecule has 1 N–H and O–H groups in total. The van der Waals surface area contributed by atoms with Crippen LogP contribution in [0.3, 0.4) is 0 Å². The molecule has 2 fully saturated rings. The summed E-state index contributed by atoms with van der Waals surface area (Å²) in [5.74, 6) is -0.0707. The van der Waals surface area contributed by atoms with Gasteiger partial charge in [0.25, 0.3) is 0 Å². The number of likely N-dealkylation sites (tertiary alicyclic amines) is 1. The quantitative estimate of drug-likeness (QED) is 0.865. The van der Waals surface area contributed by atoms with Gasteiger partial charge in [-0.25, -0.2) is 0 Å². The highest BCUT2D eigenvalue weighted by atomic mass is 35.5. The largest absolute Gasteiger partial charge is 0.346 e.